The predicted octanol–water partition coefficient (Wildman–Crippen LogP) is 3.75. The van der Waals surface area contributed by atoms with Crippen LogP contribution in [0, 0.1) is 0 Å². The van der Waals surface area contributed by atoms with Crippen molar-refractivity contribution in [3.63, 3.8) is 0 Å². The van der Waals surface area contributed by atoms with Crippen molar-refractivity contribution in [1.29, 1.82) is 0 Å². The van der Waals surface area contributed by atoms with Gasteiger partial charge in [0, 0.05) is 27.6 Å². The van der Waals surface area contributed by atoms with E-state index >= 15 is 0 Å². The Kier molecular flexibility index (Phi) is 9.11. The average molecular weight is 295 g/mol. The van der Waals surface area contributed by atoms with Gasteiger partial charge >= 0.3 is 0 Å². The van der Waals surface area contributed by atoms with Crippen molar-refractivity contribution < 1.29 is 4.79 Å². The Labute approximate surface area is 115 Å². The van der Waals surface area contributed by atoms with Crippen molar-refractivity contribution in [2.24, 2.45) is 0 Å². The summed E-state index contributed by atoms with van der Waals surface area (Å²) in [4.78, 5) is 11.1. The van der Waals surface area contributed by atoms with Crippen LogP contribution in [0.5, 0.6) is 0 Å². The first-order valence-corrected chi connectivity index (χ1v) is 9.74. The number of thioether (sulfide) groups is 4. The Bertz CT molecular complexity index is 224. The van der Waals surface area contributed by atoms with Gasteiger partial charge in [0.25, 0.3) is 0 Å². The molecule has 1 nitrogen and oxygen atoms in total. The van der Waals surface area contributed by atoms with Crippen molar-refractivity contribution >= 4 is 52.2 Å². The van der Waals surface area contributed by atoms with Crippen molar-refractivity contribution in [3.05, 3.63) is 12.2 Å². The summed E-state index contributed by atoms with van der Waals surface area (Å²) in [5.74, 6) is 4.76. The zero-order valence-corrected chi connectivity index (χ0v) is 12.8. The molecule has 1 rings (SSSR count). The Hall–Kier alpha value is 0.810. The molecule has 5 heteroatoms. The molecule has 1 aliphatic rings. The molecular weight excluding hydrogens is 276 g/mol. The van der Waals surface area contributed by atoms with E-state index in [1.165, 1.54) is 34.1 Å². The zero-order chi connectivity index (χ0) is 11.6. The molecule has 0 bridgehead atoms. The Morgan fingerprint density at radius 2 is 2.38 bits per heavy atom. The van der Waals surface area contributed by atoms with Crippen molar-refractivity contribution in [2.75, 3.05) is 28.1 Å². The predicted molar refractivity (Wildman–Crippen MR) is 82.9 cm³/mol. The maximum atomic E-state index is 11.1. The van der Waals surface area contributed by atoms with Crippen LogP contribution in [0.3, 0.4) is 0 Å². The van der Waals surface area contributed by atoms with Crippen LogP contribution in [-0.2, 0) is 4.79 Å². The van der Waals surface area contributed by atoms with E-state index in [2.05, 4.69) is 23.5 Å². The molecule has 1 atom stereocenters. The van der Waals surface area contributed by atoms with E-state index in [4.69, 9.17) is 0 Å². The van der Waals surface area contributed by atoms with E-state index in [0.29, 0.717) is 0 Å². The summed E-state index contributed by atoms with van der Waals surface area (Å²) < 4.78 is 0. The molecule has 0 aliphatic carbocycles. The van der Waals surface area contributed by atoms with E-state index < -0.39 is 0 Å². The van der Waals surface area contributed by atoms with Crippen LogP contribution >= 0.6 is 47.0 Å². The lowest BCUT2D eigenvalue weighted by atomic mass is 10.5. The van der Waals surface area contributed by atoms with Gasteiger partial charge in [0.05, 0.1) is 0 Å². The summed E-state index contributed by atoms with van der Waals surface area (Å²) in [6.07, 6.45) is 4.59. The Morgan fingerprint density at radius 1 is 1.50 bits per heavy atom. The van der Waals surface area contributed by atoms with Crippen LogP contribution in [0.4, 0.5) is 0 Å². The fourth-order valence-corrected chi connectivity index (χ4v) is 6.42. The second-order valence-corrected chi connectivity index (χ2v) is 8.31. The van der Waals surface area contributed by atoms with Crippen LogP contribution in [0.25, 0.3) is 0 Å². The lowest BCUT2D eigenvalue weighted by Crippen LogP contribution is -2.05. The van der Waals surface area contributed by atoms with Crippen LogP contribution in [-0.4, -0.2) is 38.5 Å². The fraction of sp³-hybridized carbons (Fsp3) is 0.727. The smallest absolute Gasteiger partial charge is 0.211 e. The third-order valence-electron chi connectivity index (χ3n) is 1.97. The minimum absolute atomic E-state index is 0.190. The van der Waals surface area contributed by atoms with Crippen LogP contribution < -0.4 is 0 Å². The van der Waals surface area contributed by atoms with Gasteiger partial charge in [-0.15, -0.1) is 23.5 Å². The SMILES string of the molecule is CC=CC(=O)SCCCSCC1CSCS1. The fourth-order valence-electron chi connectivity index (χ4n) is 1.20. The van der Waals surface area contributed by atoms with Gasteiger partial charge in [-0.2, -0.15) is 11.8 Å². The molecule has 0 aromatic rings. The normalized spacial score (nSPS) is 20.7. The van der Waals surface area contributed by atoms with E-state index in [-0.39, 0.29) is 5.12 Å². The van der Waals surface area contributed by atoms with Gasteiger partial charge in [0.15, 0.2) is 0 Å². The summed E-state index contributed by atoms with van der Waals surface area (Å²) in [5, 5.41) is 2.33. The first-order chi connectivity index (χ1) is 7.83. The second-order valence-electron chi connectivity index (χ2n) is 3.37. The molecule has 1 heterocycles. The molecule has 0 saturated carbocycles. The molecule has 0 N–H and O–H groups in total. The maximum Gasteiger partial charge on any atom is 0.211 e. The Balaban J connectivity index is 1.86. The van der Waals surface area contributed by atoms with E-state index in [1.807, 2.05) is 18.7 Å². The highest BCUT2D eigenvalue weighted by Gasteiger charge is 2.15. The van der Waals surface area contributed by atoms with Gasteiger partial charge in [-0.25, -0.2) is 0 Å². The number of carbonyl (C=O) groups excluding carboxylic acids is 1. The van der Waals surface area contributed by atoms with Crippen molar-refractivity contribution in [2.45, 2.75) is 18.6 Å². The number of hydrogen-bond acceptors (Lipinski definition) is 5. The van der Waals surface area contributed by atoms with Gasteiger partial charge in [-0.3, -0.25) is 4.79 Å². The summed E-state index contributed by atoms with van der Waals surface area (Å²) in [7, 11) is 0. The zero-order valence-electron chi connectivity index (χ0n) is 9.52. The first kappa shape index (κ1) is 14.9. The molecule has 0 amide bonds. The minimum Gasteiger partial charge on any atom is -0.282 e. The van der Waals surface area contributed by atoms with Gasteiger partial charge in [-0.1, -0.05) is 17.8 Å². The average Bonchev–Trinajstić information content (AvgIpc) is 2.76. The molecule has 16 heavy (non-hydrogen) atoms. The third kappa shape index (κ3) is 7.20. The molecule has 1 saturated heterocycles. The van der Waals surface area contributed by atoms with Gasteiger partial charge in [0.2, 0.25) is 5.12 Å². The van der Waals surface area contributed by atoms with Crippen LogP contribution in [0.15, 0.2) is 12.2 Å². The van der Waals surface area contributed by atoms with Crippen molar-refractivity contribution in [1.82, 2.24) is 0 Å². The van der Waals surface area contributed by atoms with Gasteiger partial charge in [0.1, 0.15) is 0 Å². The number of hydrogen-bond donors (Lipinski definition) is 0. The third-order valence-corrected chi connectivity index (χ3v) is 7.18. The van der Waals surface area contributed by atoms with E-state index in [9.17, 15) is 4.79 Å². The summed E-state index contributed by atoms with van der Waals surface area (Å²) >= 11 is 7.62. The molecule has 0 radical (unpaired) electrons. The lowest BCUT2D eigenvalue weighted by molar-refractivity contribution is -0.107. The van der Waals surface area contributed by atoms with E-state index in [0.717, 1.165) is 17.4 Å². The number of carbonyl (C=O) groups is 1. The van der Waals surface area contributed by atoms with Crippen LogP contribution in [0.1, 0.15) is 13.3 Å². The molecule has 1 fully saturated rings. The molecular formula is C11H18OS4. The monoisotopic (exact) mass is 294 g/mol. The van der Waals surface area contributed by atoms with E-state index in [1.54, 1.807) is 12.2 Å². The molecule has 0 aromatic carbocycles. The minimum atomic E-state index is 0.190. The molecule has 1 unspecified atom stereocenters. The highest BCUT2D eigenvalue weighted by Crippen LogP contribution is 2.31. The molecule has 92 valence electrons. The molecule has 0 aromatic heterocycles. The van der Waals surface area contributed by atoms with Gasteiger partial charge in [-0.05, 0) is 25.2 Å². The number of rotatable bonds is 7. The lowest BCUT2D eigenvalue weighted by Gasteiger charge is -2.06. The topological polar surface area (TPSA) is 17.1 Å². The first-order valence-electron chi connectivity index (χ1n) is 5.39. The standard InChI is InChI=1S/C11H18OS4/c1-2-4-11(12)15-6-3-5-13-7-10-8-14-9-16-10/h2,4,10H,3,5-9H2,1H3. The highest BCUT2D eigenvalue weighted by atomic mass is 32.2. The Morgan fingerprint density at radius 3 is 3.06 bits per heavy atom. The van der Waals surface area contributed by atoms with Crippen LogP contribution in [0.2, 0.25) is 0 Å². The number of allylic oxidation sites excluding steroid dienone is 1. The second kappa shape index (κ2) is 9.80. The molecule has 0 spiro atoms. The van der Waals surface area contributed by atoms with Crippen molar-refractivity contribution in [3.8, 4) is 0 Å². The quantitative estimate of drug-likeness (QED) is 0.524. The summed E-state index contributed by atoms with van der Waals surface area (Å²) in [5.41, 5.74) is 0. The highest BCUT2D eigenvalue weighted by molar-refractivity contribution is 8.19. The van der Waals surface area contributed by atoms with Gasteiger partial charge < -0.3 is 0 Å². The summed E-state index contributed by atoms with van der Waals surface area (Å²) in [6.45, 7) is 1.88. The largest absolute Gasteiger partial charge is 0.282 e. The maximum absolute atomic E-state index is 11.1. The summed E-state index contributed by atoms with van der Waals surface area (Å²) in [6, 6.07) is 0. The molecule has 1 aliphatic heterocycles.